The highest BCUT2D eigenvalue weighted by molar-refractivity contribution is 6.25. The van der Waals surface area contributed by atoms with E-state index in [9.17, 15) is 27.6 Å². The first-order chi connectivity index (χ1) is 21.3. The molecule has 0 unspecified atom stereocenters. The lowest BCUT2D eigenvalue weighted by molar-refractivity contribution is -0.136. The van der Waals surface area contributed by atoms with Crippen molar-refractivity contribution in [2.75, 3.05) is 11.4 Å². The minimum atomic E-state index is -1.16. The Hall–Kier alpha value is -5.13. The summed E-state index contributed by atoms with van der Waals surface area (Å²) in [7, 11) is 0. The van der Waals surface area contributed by atoms with E-state index in [2.05, 4.69) is 10.3 Å². The molecule has 1 saturated carbocycles. The molecule has 3 aliphatic heterocycles. The maximum atomic E-state index is 14.0. The van der Waals surface area contributed by atoms with Crippen LogP contribution in [0.2, 0.25) is 0 Å². The molecular weight excluding hydrogens is 573 g/mol. The summed E-state index contributed by atoms with van der Waals surface area (Å²) < 4.78 is 41.3. The van der Waals surface area contributed by atoms with Crippen LogP contribution in [0.4, 0.5) is 18.9 Å². The molecule has 1 aliphatic carbocycles. The number of allylic oxidation sites excluding steroid dienone is 1. The van der Waals surface area contributed by atoms with Crippen LogP contribution in [0.15, 0.2) is 93.8 Å². The van der Waals surface area contributed by atoms with Gasteiger partial charge in [0.05, 0.1) is 17.4 Å². The molecule has 4 atom stereocenters. The molecule has 44 heavy (non-hydrogen) atoms. The van der Waals surface area contributed by atoms with Gasteiger partial charge in [-0.25, -0.2) is 23.1 Å². The summed E-state index contributed by atoms with van der Waals surface area (Å²) in [6.45, 7) is -0.404. The van der Waals surface area contributed by atoms with Crippen LogP contribution in [-0.2, 0) is 14.4 Å². The van der Waals surface area contributed by atoms with Crippen LogP contribution in [0.3, 0.4) is 0 Å². The van der Waals surface area contributed by atoms with E-state index >= 15 is 0 Å². The average Bonchev–Trinajstić information content (AvgIpc) is 3.68. The SMILES string of the molecule is O=C1[C@@H]2N=NN(CC(=O)N3N=C4/C(=C\c5ccc(F)cc5)CCC[C@@H]4[C@@H]3c3ccc(F)cc3)[C@H]2C(=O)N1c1cccc(F)c1. The summed E-state index contributed by atoms with van der Waals surface area (Å²) in [4.78, 5) is 41.3. The Kier molecular flexibility index (Phi) is 6.83. The van der Waals surface area contributed by atoms with Crippen LogP contribution >= 0.6 is 0 Å². The maximum absolute atomic E-state index is 14.0. The molecule has 0 N–H and O–H groups in total. The van der Waals surface area contributed by atoms with Gasteiger partial charge in [-0.1, -0.05) is 35.6 Å². The van der Waals surface area contributed by atoms with Crippen molar-refractivity contribution in [1.82, 2.24) is 10.0 Å². The Bertz CT molecular complexity index is 1760. The van der Waals surface area contributed by atoms with Gasteiger partial charge in [-0.3, -0.25) is 19.4 Å². The molecule has 1 saturated heterocycles. The first-order valence-electron chi connectivity index (χ1n) is 14.2. The van der Waals surface area contributed by atoms with E-state index in [0.717, 1.165) is 34.9 Å². The second-order valence-corrected chi connectivity index (χ2v) is 11.1. The van der Waals surface area contributed by atoms with Gasteiger partial charge in [0, 0.05) is 5.92 Å². The van der Waals surface area contributed by atoms with E-state index < -0.39 is 54.0 Å². The number of nitrogens with zero attached hydrogens (tertiary/aromatic N) is 6. The fourth-order valence-electron chi connectivity index (χ4n) is 6.40. The summed E-state index contributed by atoms with van der Waals surface area (Å²) in [5.41, 5.74) is 3.19. The molecule has 3 aromatic carbocycles. The van der Waals surface area contributed by atoms with E-state index in [4.69, 9.17) is 5.10 Å². The standard InChI is InChI=1S/C32H25F3N6O3/c33-21-11-7-18(8-12-21)15-20-3-1-6-25-27(20)37-41(29(25)19-9-13-22(34)14-10-19)26(42)17-39-30-28(36-38-39)31(43)40(32(30)44)24-5-2-4-23(35)16-24/h2,4-5,7-16,25,28-30H,1,3,6,17H2/b20-15-/t25-,28+,29-,30+/m0/s1. The highest BCUT2D eigenvalue weighted by Crippen LogP contribution is 2.45. The van der Waals surface area contributed by atoms with Crippen molar-refractivity contribution in [3.05, 3.63) is 107 Å². The highest BCUT2D eigenvalue weighted by Gasteiger charge is 2.55. The Morgan fingerprint density at radius 2 is 1.61 bits per heavy atom. The lowest BCUT2D eigenvalue weighted by Gasteiger charge is -2.30. The number of hydrogen-bond donors (Lipinski definition) is 0. The number of imide groups is 1. The van der Waals surface area contributed by atoms with Gasteiger partial charge in [0.1, 0.15) is 24.0 Å². The molecule has 0 spiro atoms. The molecule has 3 amide bonds. The van der Waals surface area contributed by atoms with Crippen LogP contribution in [-0.4, -0.2) is 52.1 Å². The lowest BCUT2D eigenvalue weighted by atomic mass is 9.77. The number of carbonyl (C=O) groups excluding carboxylic acids is 3. The molecule has 9 nitrogen and oxygen atoms in total. The van der Waals surface area contributed by atoms with Crippen LogP contribution < -0.4 is 4.90 Å². The van der Waals surface area contributed by atoms with Crippen molar-refractivity contribution in [2.24, 2.45) is 21.4 Å². The van der Waals surface area contributed by atoms with Crippen molar-refractivity contribution in [2.45, 2.75) is 37.4 Å². The zero-order chi connectivity index (χ0) is 30.5. The molecule has 4 aliphatic rings. The number of halogens is 3. The fourth-order valence-corrected chi connectivity index (χ4v) is 6.40. The largest absolute Gasteiger partial charge is 0.271 e. The zero-order valence-electron chi connectivity index (χ0n) is 23.2. The Morgan fingerprint density at radius 3 is 2.34 bits per heavy atom. The molecule has 0 bridgehead atoms. The number of benzene rings is 3. The number of hydrogen-bond acceptors (Lipinski definition) is 7. The van der Waals surface area contributed by atoms with Gasteiger partial charge in [0.15, 0.2) is 12.1 Å². The van der Waals surface area contributed by atoms with E-state index in [1.54, 1.807) is 24.3 Å². The number of amides is 3. The predicted octanol–water partition coefficient (Wildman–Crippen LogP) is 5.22. The van der Waals surface area contributed by atoms with E-state index in [0.29, 0.717) is 17.7 Å². The molecule has 0 radical (unpaired) electrons. The van der Waals surface area contributed by atoms with Crippen molar-refractivity contribution >= 4 is 35.2 Å². The topological polar surface area (TPSA) is 98.0 Å². The van der Waals surface area contributed by atoms with Crippen molar-refractivity contribution in [3.8, 4) is 0 Å². The minimum Gasteiger partial charge on any atom is -0.271 e. The molecule has 0 aromatic heterocycles. The third-order valence-electron chi connectivity index (χ3n) is 8.40. The number of fused-ring (bicyclic) bond motifs is 2. The number of anilines is 1. The summed E-state index contributed by atoms with van der Waals surface area (Å²) in [5, 5.41) is 15.3. The first-order valence-corrected chi connectivity index (χ1v) is 14.2. The lowest BCUT2D eigenvalue weighted by Crippen LogP contribution is -2.45. The minimum absolute atomic E-state index is 0.0720. The van der Waals surface area contributed by atoms with Gasteiger partial charge >= 0.3 is 0 Å². The highest BCUT2D eigenvalue weighted by atomic mass is 19.1. The van der Waals surface area contributed by atoms with Crippen molar-refractivity contribution in [3.63, 3.8) is 0 Å². The number of carbonyl (C=O) groups is 3. The van der Waals surface area contributed by atoms with Crippen molar-refractivity contribution < 1.29 is 27.6 Å². The fraction of sp³-hybridized carbons (Fsp3) is 0.250. The van der Waals surface area contributed by atoms with E-state index in [-0.39, 0.29) is 17.4 Å². The van der Waals surface area contributed by atoms with Crippen LogP contribution in [0.1, 0.15) is 36.4 Å². The van der Waals surface area contributed by atoms with Gasteiger partial charge in [0.25, 0.3) is 17.7 Å². The van der Waals surface area contributed by atoms with Crippen LogP contribution in [0.5, 0.6) is 0 Å². The second-order valence-electron chi connectivity index (χ2n) is 11.1. The Balaban J connectivity index is 1.19. The normalized spacial score (nSPS) is 25.1. The van der Waals surface area contributed by atoms with Gasteiger partial charge in [-0.15, -0.1) is 0 Å². The molecule has 3 heterocycles. The van der Waals surface area contributed by atoms with Gasteiger partial charge in [-0.2, -0.15) is 10.2 Å². The summed E-state index contributed by atoms with van der Waals surface area (Å²) in [5.74, 6) is -3.36. The van der Waals surface area contributed by atoms with Crippen LogP contribution in [0.25, 0.3) is 6.08 Å². The molecule has 2 fully saturated rings. The Morgan fingerprint density at radius 1 is 0.886 bits per heavy atom. The smallest absolute Gasteiger partial charge is 0.264 e. The zero-order valence-corrected chi connectivity index (χ0v) is 23.2. The molecular formula is C32H25F3N6O3. The second kappa shape index (κ2) is 10.9. The third-order valence-corrected chi connectivity index (χ3v) is 8.40. The predicted molar refractivity (Wildman–Crippen MR) is 153 cm³/mol. The van der Waals surface area contributed by atoms with Gasteiger partial charge in [-0.05, 0) is 84.5 Å². The van der Waals surface area contributed by atoms with Gasteiger partial charge < -0.3 is 0 Å². The molecule has 12 heteroatoms. The quantitative estimate of drug-likeness (QED) is 0.376. The third kappa shape index (κ3) is 4.76. The van der Waals surface area contributed by atoms with Gasteiger partial charge in [0.2, 0.25) is 0 Å². The monoisotopic (exact) mass is 598 g/mol. The van der Waals surface area contributed by atoms with E-state index in [1.807, 2.05) is 6.08 Å². The van der Waals surface area contributed by atoms with Crippen LogP contribution in [0, 0.1) is 23.4 Å². The molecule has 7 rings (SSSR count). The average molecular weight is 599 g/mol. The summed E-state index contributed by atoms with van der Waals surface area (Å²) in [6.07, 6.45) is 4.20. The summed E-state index contributed by atoms with van der Waals surface area (Å²) in [6, 6.07) is 14.2. The van der Waals surface area contributed by atoms with Crippen molar-refractivity contribution in [1.29, 1.82) is 0 Å². The summed E-state index contributed by atoms with van der Waals surface area (Å²) >= 11 is 0. The Labute approximate surface area is 249 Å². The first kappa shape index (κ1) is 27.7. The molecule has 222 valence electrons. The van der Waals surface area contributed by atoms with E-state index in [1.165, 1.54) is 52.5 Å². The number of rotatable bonds is 5. The maximum Gasteiger partial charge on any atom is 0.264 e. The number of hydrazone groups is 1. The molecule has 3 aromatic rings.